The molecule has 164 valence electrons. The van der Waals surface area contributed by atoms with Crippen LogP contribution in [0.3, 0.4) is 0 Å². The number of likely N-dealkylation sites (N-methyl/N-ethyl adjacent to an activating group) is 1. The highest BCUT2D eigenvalue weighted by molar-refractivity contribution is 6.35. The number of carbonyl (C=O) groups excluding carboxylic acids is 3. The van der Waals surface area contributed by atoms with E-state index in [0.29, 0.717) is 26.9 Å². The summed E-state index contributed by atoms with van der Waals surface area (Å²) in [6.07, 6.45) is 0. The zero-order chi connectivity index (χ0) is 23.0. The molecular weight excluding hydrogens is 449 g/mol. The Balaban J connectivity index is 1.65. The number of nitrogens with one attached hydrogen (secondary N) is 1. The third kappa shape index (κ3) is 3.92. The minimum atomic E-state index is -0.768. The van der Waals surface area contributed by atoms with Crippen molar-refractivity contribution >= 4 is 57.4 Å². The largest absolute Gasteiger partial charge is 0.357 e. The first-order valence-corrected chi connectivity index (χ1v) is 10.9. The normalized spacial score (nSPS) is 13.4. The van der Waals surface area contributed by atoms with Crippen LogP contribution in [-0.4, -0.2) is 42.3 Å². The quantitative estimate of drug-likeness (QED) is 0.585. The topological polar surface area (TPSA) is 69.7 Å². The number of amides is 3. The maximum atomic E-state index is 13.4. The maximum Gasteiger partial charge on any atom is 0.259 e. The second kappa shape index (κ2) is 8.81. The third-order valence-corrected chi connectivity index (χ3v) is 6.30. The predicted octanol–water partition coefficient (Wildman–Crippen LogP) is 4.27. The lowest BCUT2D eigenvalue weighted by atomic mass is 10.1. The van der Waals surface area contributed by atoms with Crippen molar-refractivity contribution in [3.05, 3.63) is 75.8 Å². The SMILES string of the molecule is CNC(=O)[C@H](C)N(Cc1ccc(Cl)cc1Cl)C(=O)CN1C(=O)c2cccc3cccc1c23. The van der Waals surface area contributed by atoms with E-state index in [2.05, 4.69) is 5.32 Å². The van der Waals surface area contributed by atoms with Gasteiger partial charge in [0.1, 0.15) is 12.6 Å². The van der Waals surface area contributed by atoms with Gasteiger partial charge in [-0.3, -0.25) is 19.3 Å². The van der Waals surface area contributed by atoms with Crippen LogP contribution in [0.2, 0.25) is 10.0 Å². The van der Waals surface area contributed by atoms with Crippen LogP contribution in [0.4, 0.5) is 5.69 Å². The summed E-state index contributed by atoms with van der Waals surface area (Å²) in [5.41, 5.74) is 1.91. The summed E-state index contributed by atoms with van der Waals surface area (Å²) in [5.74, 6) is -0.922. The monoisotopic (exact) mass is 469 g/mol. The number of hydrogen-bond donors (Lipinski definition) is 1. The smallest absolute Gasteiger partial charge is 0.259 e. The molecule has 0 radical (unpaired) electrons. The first kappa shape index (κ1) is 22.1. The summed E-state index contributed by atoms with van der Waals surface area (Å²) in [4.78, 5) is 41.8. The molecule has 0 saturated carbocycles. The number of carbonyl (C=O) groups is 3. The molecule has 1 aliphatic heterocycles. The molecule has 3 aromatic carbocycles. The molecule has 4 rings (SSSR count). The lowest BCUT2D eigenvalue weighted by molar-refractivity contribution is -0.139. The van der Waals surface area contributed by atoms with Crippen LogP contribution in [-0.2, 0) is 16.1 Å². The van der Waals surface area contributed by atoms with Crippen LogP contribution in [0.5, 0.6) is 0 Å². The first-order valence-electron chi connectivity index (χ1n) is 10.1. The predicted molar refractivity (Wildman–Crippen MR) is 126 cm³/mol. The highest BCUT2D eigenvalue weighted by Gasteiger charge is 2.34. The zero-order valence-corrected chi connectivity index (χ0v) is 19.1. The van der Waals surface area contributed by atoms with Crippen molar-refractivity contribution in [2.75, 3.05) is 18.5 Å². The highest BCUT2D eigenvalue weighted by Crippen LogP contribution is 2.37. The fraction of sp³-hybridized carbons (Fsp3) is 0.208. The first-order chi connectivity index (χ1) is 15.3. The van der Waals surface area contributed by atoms with E-state index < -0.39 is 6.04 Å². The van der Waals surface area contributed by atoms with Crippen LogP contribution in [0.25, 0.3) is 10.8 Å². The lowest BCUT2D eigenvalue weighted by Gasteiger charge is -2.30. The highest BCUT2D eigenvalue weighted by atomic mass is 35.5. The number of benzene rings is 3. The summed E-state index contributed by atoms with van der Waals surface area (Å²) >= 11 is 12.3. The van der Waals surface area contributed by atoms with Gasteiger partial charge in [0, 0.05) is 34.6 Å². The van der Waals surface area contributed by atoms with Gasteiger partial charge in [-0.2, -0.15) is 0 Å². The molecule has 1 heterocycles. The minimum absolute atomic E-state index is 0.0998. The van der Waals surface area contributed by atoms with Crippen LogP contribution < -0.4 is 10.2 Å². The third-order valence-electron chi connectivity index (χ3n) is 5.71. The van der Waals surface area contributed by atoms with E-state index in [1.807, 2.05) is 30.3 Å². The number of anilines is 1. The fourth-order valence-electron chi connectivity index (χ4n) is 3.99. The van der Waals surface area contributed by atoms with Crippen molar-refractivity contribution < 1.29 is 14.4 Å². The van der Waals surface area contributed by atoms with Crippen molar-refractivity contribution in [1.82, 2.24) is 10.2 Å². The average molecular weight is 470 g/mol. The van der Waals surface area contributed by atoms with E-state index in [1.54, 1.807) is 31.2 Å². The molecule has 1 atom stereocenters. The van der Waals surface area contributed by atoms with Crippen molar-refractivity contribution in [3.63, 3.8) is 0 Å². The summed E-state index contributed by atoms with van der Waals surface area (Å²) in [6.45, 7) is 1.55. The second-order valence-electron chi connectivity index (χ2n) is 7.62. The second-order valence-corrected chi connectivity index (χ2v) is 8.46. The van der Waals surface area contributed by atoms with Crippen LogP contribution in [0.1, 0.15) is 22.8 Å². The summed E-state index contributed by atoms with van der Waals surface area (Å²) in [6, 6.07) is 15.4. The standard InChI is InChI=1S/C24H21Cl2N3O3/c1-14(23(31)27-2)28(12-16-9-10-17(25)11-19(16)26)21(30)13-29-20-8-4-6-15-5-3-7-18(22(15)20)24(29)32/h3-11,14H,12-13H2,1-2H3,(H,27,31)/t14-/m0/s1. The Bertz CT molecular complexity index is 1240. The molecule has 1 N–H and O–H groups in total. The van der Waals surface area contributed by atoms with Crippen LogP contribution in [0, 0.1) is 0 Å². The van der Waals surface area contributed by atoms with Gasteiger partial charge in [0.2, 0.25) is 11.8 Å². The molecule has 6 nitrogen and oxygen atoms in total. The van der Waals surface area contributed by atoms with Gasteiger partial charge in [0.25, 0.3) is 5.91 Å². The lowest BCUT2D eigenvalue weighted by Crippen LogP contribution is -2.50. The number of nitrogens with zero attached hydrogens (tertiary/aromatic N) is 2. The molecule has 8 heteroatoms. The molecule has 3 amide bonds. The molecular formula is C24H21Cl2N3O3. The summed E-state index contributed by atoms with van der Waals surface area (Å²) in [5, 5.41) is 5.22. The van der Waals surface area contributed by atoms with Crippen molar-refractivity contribution in [3.8, 4) is 0 Å². The van der Waals surface area contributed by atoms with Gasteiger partial charge < -0.3 is 10.2 Å². The molecule has 32 heavy (non-hydrogen) atoms. The molecule has 0 saturated heterocycles. The molecule has 3 aromatic rings. The Morgan fingerprint density at radius 2 is 1.81 bits per heavy atom. The van der Waals surface area contributed by atoms with Crippen molar-refractivity contribution in [2.45, 2.75) is 19.5 Å². The number of rotatable bonds is 6. The molecule has 0 fully saturated rings. The van der Waals surface area contributed by atoms with E-state index in [9.17, 15) is 14.4 Å². The zero-order valence-electron chi connectivity index (χ0n) is 17.6. The van der Waals surface area contributed by atoms with Gasteiger partial charge in [-0.25, -0.2) is 0 Å². The van der Waals surface area contributed by atoms with Crippen molar-refractivity contribution in [1.29, 1.82) is 0 Å². The molecule has 0 spiro atoms. The molecule has 0 unspecified atom stereocenters. The Labute approximate surface area is 195 Å². The van der Waals surface area contributed by atoms with Crippen LogP contribution >= 0.6 is 23.2 Å². The van der Waals surface area contributed by atoms with Crippen molar-refractivity contribution in [2.24, 2.45) is 0 Å². The Morgan fingerprint density at radius 1 is 1.09 bits per heavy atom. The number of hydrogen-bond acceptors (Lipinski definition) is 3. The van der Waals surface area contributed by atoms with E-state index in [4.69, 9.17) is 23.2 Å². The Hall–Kier alpha value is -3.09. The summed E-state index contributed by atoms with van der Waals surface area (Å²) in [7, 11) is 1.51. The number of halogens is 2. The van der Waals surface area contributed by atoms with E-state index >= 15 is 0 Å². The molecule has 0 aliphatic carbocycles. The summed E-state index contributed by atoms with van der Waals surface area (Å²) < 4.78 is 0. The van der Waals surface area contributed by atoms with Gasteiger partial charge in [0.15, 0.2) is 0 Å². The van der Waals surface area contributed by atoms with E-state index in [-0.39, 0.29) is 30.8 Å². The molecule has 0 aromatic heterocycles. The van der Waals surface area contributed by atoms with Gasteiger partial charge in [0.05, 0.1) is 5.69 Å². The van der Waals surface area contributed by atoms with Gasteiger partial charge in [-0.1, -0.05) is 53.5 Å². The van der Waals surface area contributed by atoms with Gasteiger partial charge in [-0.05, 0) is 42.1 Å². The fourth-order valence-corrected chi connectivity index (χ4v) is 4.46. The Kier molecular flexibility index (Phi) is 6.09. The average Bonchev–Trinajstić information content (AvgIpc) is 3.05. The molecule has 0 bridgehead atoms. The Morgan fingerprint density at radius 3 is 2.50 bits per heavy atom. The van der Waals surface area contributed by atoms with Crippen LogP contribution in [0.15, 0.2) is 54.6 Å². The maximum absolute atomic E-state index is 13.4. The van der Waals surface area contributed by atoms with E-state index in [0.717, 1.165) is 10.8 Å². The molecule has 1 aliphatic rings. The van der Waals surface area contributed by atoms with Gasteiger partial charge >= 0.3 is 0 Å². The van der Waals surface area contributed by atoms with E-state index in [1.165, 1.54) is 16.8 Å². The minimum Gasteiger partial charge on any atom is -0.357 e. The van der Waals surface area contributed by atoms with Gasteiger partial charge in [-0.15, -0.1) is 0 Å².